The molecule has 4 bridgehead atoms. The fraction of sp³-hybridized carbons (Fsp3) is 0.605. The Morgan fingerprint density at radius 2 is 1.62 bits per heavy atom. The predicted molar refractivity (Wildman–Crippen MR) is 225 cm³/mol. The molecule has 7 fully saturated rings. The second-order valence-corrected chi connectivity index (χ2v) is 22.2. The van der Waals surface area contributed by atoms with Gasteiger partial charge in [-0.3, -0.25) is 19.1 Å². The van der Waals surface area contributed by atoms with Gasteiger partial charge in [0.25, 0.3) is 5.91 Å². The van der Waals surface area contributed by atoms with Crippen molar-refractivity contribution >= 4 is 45.2 Å². The SMILES string of the molecule is C=C[C@@H]1C[C@@]1(NC(=O)[C@@H]1C[C@@H](n2nc(-c3ccc(OC)cc3)c(-c3nccs3)n2)CN1C(=O)[C@@H](NC(=O)OC12CC3CC(CC(C3)C1)C2)C(C)(C)C)C(=O)NS(=O)(=O)C1CC1. The summed E-state index contributed by atoms with van der Waals surface area (Å²) in [5.74, 6) is -0.221. The molecule has 0 spiro atoms. The van der Waals surface area contributed by atoms with Crippen LogP contribution in [0.5, 0.6) is 5.75 Å². The van der Waals surface area contributed by atoms with Crippen molar-refractivity contribution in [3.63, 3.8) is 0 Å². The van der Waals surface area contributed by atoms with Crippen LogP contribution in [0.2, 0.25) is 0 Å². The van der Waals surface area contributed by atoms with Gasteiger partial charge >= 0.3 is 6.09 Å². The number of nitrogens with one attached hydrogen (secondary N) is 3. The number of rotatable bonds is 13. The van der Waals surface area contributed by atoms with Gasteiger partial charge in [-0.2, -0.15) is 9.90 Å². The number of benzene rings is 1. The van der Waals surface area contributed by atoms with Gasteiger partial charge < -0.3 is 25.0 Å². The van der Waals surface area contributed by atoms with Crippen molar-refractivity contribution in [1.29, 1.82) is 0 Å². The summed E-state index contributed by atoms with van der Waals surface area (Å²) >= 11 is 1.40. The number of carbonyl (C=O) groups excluding carboxylic acids is 4. The van der Waals surface area contributed by atoms with E-state index in [1.54, 1.807) is 13.3 Å². The van der Waals surface area contributed by atoms with Crippen LogP contribution in [0.25, 0.3) is 22.0 Å². The minimum atomic E-state index is -3.92. The lowest BCUT2D eigenvalue weighted by atomic mass is 9.54. The van der Waals surface area contributed by atoms with E-state index in [9.17, 15) is 22.8 Å². The summed E-state index contributed by atoms with van der Waals surface area (Å²) in [6.45, 7) is 9.35. The second-order valence-electron chi connectivity index (χ2n) is 19.3. The summed E-state index contributed by atoms with van der Waals surface area (Å²) in [6.07, 6.45) is 9.68. The lowest BCUT2D eigenvalue weighted by Crippen LogP contribution is -2.61. The van der Waals surface area contributed by atoms with Crippen molar-refractivity contribution < 1.29 is 37.1 Å². The van der Waals surface area contributed by atoms with Gasteiger partial charge in [-0.15, -0.1) is 23.0 Å². The molecule has 4 amide bonds. The molecule has 1 saturated heterocycles. The topological polar surface area (TPSA) is 204 Å². The normalized spacial score (nSPS) is 30.7. The monoisotopic (exact) mass is 874 g/mol. The average Bonchev–Trinajstić information content (AvgIpc) is 3.97. The molecule has 3 aromatic rings. The fourth-order valence-electron chi connectivity index (χ4n) is 10.7. The fourth-order valence-corrected chi connectivity index (χ4v) is 12.7. The maximum atomic E-state index is 15.1. The highest BCUT2D eigenvalue weighted by molar-refractivity contribution is 7.91. The number of carbonyl (C=O) groups is 4. The van der Waals surface area contributed by atoms with Gasteiger partial charge in [0.2, 0.25) is 21.8 Å². The number of methoxy groups -OCH3 is 1. The van der Waals surface area contributed by atoms with E-state index in [2.05, 4.69) is 26.9 Å². The van der Waals surface area contributed by atoms with E-state index in [4.69, 9.17) is 19.7 Å². The number of nitrogens with zero attached hydrogens (tertiary/aromatic N) is 5. The van der Waals surface area contributed by atoms with Crippen LogP contribution in [0.3, 0.4) is 0 Å². The highest BCUT2D eigenvalue weighted by atomic mass is 32.2. The van der Waals surface area contributed by atoms with E-state index in [0.717, 1.165) is 24.8 Å². The molecule has 7 aliphatic rings. The minimum Gasteiger partial charge on any atom is -0.497 e. The first-order chi connectivity index (χ1) is 29.0. The maximum absolute atomic E-state index is 15.1. The Morgan fingerprint density at radius 1 is 0.967 bits per heavy atom. The summed E-state index contributed by atoms with van der Waals surface area (Å²) in [5.41, 5.74) is -1.10. The van der Waals surface area contributed by atoms with Gasteiger partial charge in [0.15, 0.2) is 0 Å². The Labute approximate surface area is 359 Å². The zero-order valence-electron chi connectivity index (χ0n) is 35.0. The first kappa shape index (κ1) is 41.5. The number of hydrogen-bond donors (Lipinski definition) is 3. The molecule has 16 nitrogen and oxygen atoms in total. The summed E-state index contributed by atoms with van der Waals surface area (Å²) < 4.78 is 39.6. The standard InChI is InChI=1S/C43H54N8O8S2/c1-6-28-22-43(28,39(54)49-61(56,57)31-11-12-31)46-36(52)32-18-29(51-47-33(27-7-9-30(58-5)10-8-27)34(48-51)37-44-13-14-60-37)23-50(32)38(53)35(41(2,3)4)45-40(55)59-42-19-24-15-25(20-42)17-26(16-24)21-42/h6-10,13-14,24-26,28-29,31-32,35H,1,11-12,15-23H2,2-5H3,(H,45,55)(H,46,52)(H,49,54)/t24?,25?,26?,28-,29-,32+,35-,42?,43+/m1/s1. The molecule has 61 heavy (non-hydrogen) atoms. The molecule has 18 heteroatoms. The second kappa shape index (κ2) is 15.2. The van der Waals surface area contributed by atoms with Gasteiger partial charge in [0.05, 0.1) is 18.4 Å². The van der Waals surface area contributed by atoms with Gasteiger partial charge in [-0.1, -0.05) is 26.8 Å². The van der Waals surface area contributed by atoms with E-state index >= 15 is 4.79 Å². The van der Waals surface area contributed by atoms with Crippen molar-refractivity contribution in [3.05, 3.63) is 48.5 Å². The number of ether oxygens (including phenoxy) is 2. The highest BCUT2D eigenvalue weighted by Gasteiger charge is 2.62. The van der Waals surface area contributed by atoms with Crippen molar-refractivity contribution in [2.24, 2.45) is 29.1 Å². The summed E-state index contributed by atoms with van der Waals surface area (Å²) in [7, 11) is -2.34. The van der Waals surface area contributed by atoms with E-state index in [1.165, 1.54) is 46.4 Å². The minimum absolute atomic E-state index is 0.0105. The maximum Gasteiger partial charge on any atom is 0.408 e. The number of alkyl carbamates (subject to hydrolysis) is 1. The van der Waals surface area contributed by atoms with Crippen LogP contribution in [0.4, 0.5) is 4.79 Å². The molecule has 2 aromatic heterocycles. The molecule has 3 heterocycles. The van der Waals surface area contributed by atoms with Crippen LogP contribution >= 0.6 is 11.3 Å². The van der Waals surface area contributed by atoms with Crippen LogP contribution < -0.4 is 20.1 Å². The zero-order chi connectivity index (χ0) is 43.1. The molecular weight excluding hydrogens is 821 g/mol. The van der Waals surface area contributed by atoms with Crippen molar-refractivity contribution in [2.45, 2.75) is 119 Å². The van der Waals surface area contributed by atoms with Gasteiger partial charge in [0.1, 0.15) is 45.4 Å². The largest absolute Gasteiger partial charge is 0.497 e. The summed E-state index contributed by atoms with van der Waals surface area (Å²) in [5, 5.41) is 17.5. The van der Waals surface area contributed by atoms with E-state index in [-0.39, 0.29) is 19.4 Å². The van der Waals surface area contributed by atoms with Gasteiger partial charge in [-0.25, -0.2) is 18.2 Å². The predicted octanol–water partition coefficient (Wildman–Crippen LogP) is 5.00. The zero-order valence-corrected chi connectivity index (χ0v) is 36.6. The Balaban J connectivity index is 1.02. The Bertz CT molecular complexity index is 2300. The molecule has 1 aliphatic heterocycles. The molecule has 1 aromatic carbocycles. The third kappa shape index (κ3) is 7.93. The van der Waals surface area contributed by atoms with Gasteiger partial charge in [0, 0.05) is 36.0 Å². The Kier molecular flexibility index (Phi) is 10.3. The first-order valence-electron chi connectivity index (χ1n) is 21.3. The average molecular weight is 875 g/mol. The lowest BCUT2D eigenvalue weighted by Gasteiger charge is -2.55. The van der Waals surface area contributed by atoms with Crippen LogP contribution in [0, 0.1) is 29.1 Å². The third-order valence-electron chi connectivity index (χ3n) is 13.7. The quantitative estimate of drug-likeness (QED) is 0.195. The highest BCUT2D eigenvalue weighted by Crippen LogP contribution is 2.57. The van der Waals surface area contributed by atoms with E-state index in [0.29, 0.717) is 52.7 Å². The number of likely N-dealkylation sites (tertiary alicyclic amines) is 1. The van der Waals surface area contributed by atoms with Crippen molar-refractivity contribution in [1.82, 2.24) is 40.2 Å². The summed E-state index contributed by atoms with van der Waals surface area (Å²) in [6, 6.07) is 4.50. The molecule has 6 aliphatic carbocycles. The van der Waals surface area contributed by atoms with E-state index < -0.39 is 79.7 Å². The van der Waals surface area contributed by atoms with Crippen LogP contribution in [0.15, 0.2) is 48.5 Å². The molecule has 0 unspecified atom stereocenters. The number of aromatic nitrogens is 4. The molecule has 0 radical (unpaired) electrons. The molecule has 5 atom stereocenters. The van der Waals surface area contributed by atoms with Gasteiger partial charge in [-0.05, 0) is 105 Å². The number of hydrogen-bond acceptors (Lipinski definition) is 12. The molecular formula is C43H54N8O8S2. The first-order valence-corrected chi connectivity index (χ1v) is 23.7. The van der Waals surface area contributed by atoms with Crippen LogP contribution in [-0.4, -0.2) is 99.2 Å². The third-order valence-corrected chi connectivity index (χ3v) is 16.3. The molecule has 3 N–H and O–H groups in total. The van der Waals surface area contributed by atoms with E-state index in [1.807, 2.05) is 50.4 Å². The molecule has 10 rings (SSSR count). The smallest absolute Gasteiger partial charge is 0.408 e. The van der Waals surface area contributed by atoms with Crippen LogP contribution in [-0.2, 0) is 29.1 Å². The van der Waals surface area contributed by atoms with Crippen molar-refractivity contribution in [3.8, 4) is 27.7 Å². The molecule has 326 valence electrons. The van der Waals surface area contributed by atoms with Crippen molar-refractivity contribution in [2.75, 3.05) is 13.7 Å². The Hall–Kier alpha value is -4.84. The number of amides is 4. The molecule has 6 saturated carbocycles. The Morgan fingerprint density at radius 3 is 2.18 bits per heavy atom. The lowest BCUT2D eigenvalue weighted by molar-refractivity contribution is -0.144. The summed E-state index contributed by atoms with van der Waals surface area (Å²) in [4.78, 5) is 64.8. The number of thiazole rings is 1. The van der Waals surface area contributed by atoms with Crippen LogP contribution in [0.1, 0.15) is 91.0 Å². The number of sulfonamides is 1.